The second kappa shape index (κ2) is 11.8. The molecule has 190 valence electrons. The van der Waals surface area contributed by atoms with Crippen LogP contribution < -0.4 is 16.2 Å². The predicted octanol–water partition coefficient (Wildman–Crippen LogP) is 3.02. The lowest BCUT2D eigenvalue weighted by Crippen LogP contribution is -2.34. The van der Waals surface area contributed by atoms with Crippen molar-refractivity contribution in [3.8, 4) is 17.5 Å². The zero-order valence-corrected chi connectivity index (χ0v) is 21.1. The van der Waals surface area contributed by atoms with E-state index in [0.29, 0.717) is 46.6 Å². The largest absolute Gasteiger partial charge is 0.352 e. The van der Waals surface area contributed by atoms with Gasteiger partial charge in [0.1, 0.15) is 11.5 Å². The first-order chi connectivity index (χ1) is 18.4. The van der Waals surface area contributed by atoms with Crippen LogP contribution in [0.3, 0.4) is 0 Å². The van der Waals surface area contributed by atoms with Gasteiger partial charge in [0.25, 0.3) is 11.5 Å². The molecule has 2 heterocycles. The van der Waals surface area contributed by atoms with Gasteiger partial charge in [0.05, 0.1) is 28.3 Å². The number of carbonyl (C=O) groups is 2. The summed E-state index contributed by atoms with van der Waals surface area (Å²) < 4.78 is 1.49. The first-order valence-electron chi connectivity index (χ1n) is 12.0. The van der Waals surface area contributed by atoms with E-state index in [2.05, 4.69) is 39.0 Å². The summed E-state index contributed by atoms with van der Waals surface area (Å²) in [4.78, 5) is 51.3. The number of aromatic nitrogens is 4. The Balaban J connectivity index is 1.77. The van der Waals surface area contributed by atoms with E-state index in [4.69, 9.17) is 4.98 Å². The van der Waals surface area contributed by atoms with Crippen LogP contribution >= 0.6 is 0 Å². The summed E-state index contributed by atoms with van der Waals surface area (Å²) in [5.74, 6) is 5.72. The molecule has 1 atom stereocenters. The SMILES string of the molecule is C=CC(=O)NCCC#Cc1cccc2nc([C@H](C)NC(=O)c3nccnc3C)n(-c3ccccc3)c(=O)c12. The number of hydrogen-bond acceptors (Lipinski definition) is 6. The lowest BCUT2D eigenvalue weighted by atomic mass is 10.1. The van der Waals surface area contributed by atoms with E-state index in [-0.39, 0.29) is 17.2 Å². The van der Waals surface area contributed by atoms with Gasteiger partial charge in [-0.15, -0.1) is 0 Å². The molecular formula is C29H26N6O3. The topological polar surface area (TPSA) is 119 Å². The Hall–Kier alpha value is -5.10. The summed E-state index contributed by atoms with van der Waals surface area (Å²) >= 11 is 0. The molecule has 2 amide bonds. The maximum Gasteiger partial charge on any atom is 0.272 e. The molecule has 2 N–H and O–H groups in total. The van der Waals surface area contributed by atoms with Crippen molar-refractivity contribution in [1.82, 2.24) is 30.2 Å². The molecule has 9 nitrogen and oxygen atoms in total. The van der Waals surface area contributed by atoms with Gasteiger partial charge in [-0.1, -0.05) is 42.7 Å². The third kappa shape index (κ3) is 5.65. The number of hydrogen-bond donors (Lipinski definition) is 2. The van der Waals surface area contributed by atoms with Gasteiger partial charge in [-0.05, 0) is 44.2 Å². The summed E-state index contributed by atoms with van der Waals surface area (Å²) in [5.41, 5.74) is 1.98. The zero-order valence-electron chi connectivity index (χ0n) is 21.1. The van der Waals surface area contributed by atoms with Crippen molar-refractivity contribution in [3.63, 3.8) is 0 Å². The fourth-order valence-electron chi connectivity index (χ4n) is 3.91. The first kappa shape index (κ1) is 26.0. The van der Waals surface area contributed by atoms with Crippen LogP contribution in [0.2, 0.25) is 0 Å². The van der Waals surface area contributed by atoms with Crippen LogP contribution in [0.1, 0.15) is 47.0 Å². The smallest absolute Gasteiger partial charge is 0.272 e. The molecule has 0 radical (unpaired) electrons. The number of rotatable bonds is 7. The Morgan fingerprint density at radius 2 is 1.87 bits per heavy atom. The van der Waals surface area contributed by atoms with Gasteiger partial charge in [-0.3, -0.25) is 23.9 Å². The van der Waals surface area contributed by atoms with E-state index < -0.39 is 11.9 Å². The number of para-hydroxylation sites is 1. The molecule has 0 aliphatic carbocycles. The molecule has 4 rings (SSSR count). The summed E-state index contributed by atoms with van der Waals surface area (Å²) in [7, 11) is 0. The number of nitrogens with one attached hydrogen (secondary N) is 2. The highest BCUT2D eigenvalue weighted by molar-refractivity contribution is 5.93. The van der Waals surface area contributed by atoms with Gasteiger partial charge >= 0.3 is 0 Å². The van der Waals surface area contributed by atoms with Crippen molar-refractivity contribution < 1.29 is 9.59 Å². The molecule has 0 saturated heterocycles. The standard InChI is InChI=1S/C29H26N6O3/c1-4-24(36)31-16-9-8-11-21-12-10-15-23-25(21)29(38)35(22-13-6-5-7-14-22)27(34-23)20(3)33-28(37)26-19(2)30-17-18-32-26/h4-7,10,12-15,17-18,20H,1,9,16H2,2-3H3,(H,31,36)(H,33,37)/t20-/m0/s1. The van der Waals surface area contributed by atoms with Crippen LogP contribution in [0.15, 0.2) is 78.4 Å². The number of fused-ring (bicyclic) bond motifs is 1. The van der Waals surface area contributed by atoms with Gasteiger partial charge in [-0.2, -0.15) is 0 Å². The number of nitrogens with zero attached hydrogens (tertiary/aromatic N) is 4. The van der Waals surface area contributed by atoms with Gasteiger partial charge in [-0.25, -0.2) is 9.97 Å². The average molecular weight is 507 g/mol. The van der Waals surface area contributed by atoms with Crippen LogP contribution in [0.5, 0.6) is 0 Å². The maximum atomic E-state index is 14.0. The Morgan fingerprint density at radius 3 is 2.61 bits per heavy atom. The molecule has 0 aliphatic rings. The fourth-order valence-corrected chi connectivity index (χ4v) is 3.91. The Kier molecular flexibility index (Phi) is 8.04. The third-order valence-corrected chi connectivity index (χ3v) is 5.73. The van der Waals surface area contributed by atoms with E-state index in [1.807, 2.05) is 18.2 Å². The summed E-state index contributed by atoms with van der Waals surface area (Å²) in [6.45, 7) is 7.25. The molecule has 4 aromatic rings. The van der Waals surface area contributed by atoms with Crippen molar-refractivity contribution in [3.05, 3.63) is 107 Å². The van der Waals surface area contributed by atoms with Crippen molar-refractivity contribution >= 4 is 22.7 Å². The molecule has 9 heteroatoms. The highest BCUT2D eigenvalue weighted by Crippen LogP contribution is 2.20. The van der Waals surface area contributed by atoms with Crippen molar-refractivity contribution in [2.75, 3.05) is 6.54 Å². The van der Waals surface area contributed by atoms with Crippen LogP contribution in [-0.4, -0.2) is 37.9 Å². The monoisotopic (exact) mass is 506 g/mol. The molecular weight excluding hydrogens is 480 g/mol. The minimum atomic E-state index is -0.635. The van der Waals surface area contributed by atoms with E-state index in [1.54, 1.807) is 44.2 Å². The minimum Gasteiger partial charge on any atom is -0.352 e. The number of carbonyl (C=O) groups excluding carboxylic acids is 2. The molecule has 38 heavy (non-hydrogen) atoms. The Labute approximate surface area is 219 Å². The van der Waals surface area contributed by atoms with Gasteiger partial charge in [0.15, 0.2) is 0 Å². The second-order valence-electron chi connectivity index (χ2n) is 8.38. The normalized spacial score (nSPS) is 11.2. The van der Waals surface area contributed by atoms with Crippen LogP contribution in [0.4, 0.5) is 0 Å². The van der Waals surface area contributed by atoms with Crippen LogP contribution in [-0.2, 0) is 4.79 Å². The summed E-state index contributed by atoms with van der Waals surface area (Å²) in [6.07, 6.45) is 4.58. The zero-order chi connectivity index (χ0) is 27.1. The molecule has 2 aromatic carbocycles. The maximum absolute atomic E-state index is 14.0. The van der Waals surface area contributed by atoms with Crippen molar-refractivity contribution in [2.45, 2.75) is 26.3 Å². The molecule has 0 spiro atoms. The highest BCUT2D eigenvalue weighted by Gasteiger charge is 2.22. The lowest BCUT2D eigenvalue weighted by molar-refractivity contribution is -0.116. The number of aryl methyl sites for hydroxylation is 1. The quantitative estimate of drug-likeness (QED) is 0.226. The number of benzene rings is 2. The second-order valence-corrected chi connectivity index (χ2v) is 8.38. The summed E-state index contributed by atoms with van der Waals surface area (Å²) in [5, 5.41) is 5.93. The molecule has 0 bridgehead atoms. The number of amides is 2. The van der Waals surface area contributed by atoms with Gasteiger partial charge < -0.3 is 10.6 Å². The molecule has 0 unspecified atom stereocenters. The molecule has 2 aromatic heterocycles. The Morgan fingerprint density at radius 1 is 1.11 bits per heavy atom. The van der Waals surface area contributed by atoms with Gasteiger partial charge in [0.2, 0.25) is 5.91 Å². The molecule has 0 fully saturated rings. The van der Waals surface area contributed by atoms with Crippen molar-refractivity contribution in [2.24, 2.45) is 0 Å². The van der Waals surface area contributed by atoms with E-state index in [1.165, 1.54) is 23.0 Å². The van der Waals surface area contributed by atoms with E-state index in [9.17, 15) is 14.4 Å². The average Bonchev–Trinajstić information content (AvgIpc) is 2.93. The highest BCUT2D eigenvalue weighted by atomic mass is 16.2. The van der Waals surface area contributed by atoms with E-state index in [0.717, 1.165) is 0 Å². The predicted molar refractivity (Wildman–Crippen MR) is 145 cm³/mol. The molecule has 0 aliphatic heterocycles. The lowest BCUT2D eigenvalue weighted by Gasteiger charge is -2.20. The third-order valence-electron chi connectivity index (χ3n) is 5.73. The van der Waals surface area contributed by atoms with Gasteiger partial charge in [0, 0.05) is 30.9 Å². The Bertz CT molecular complexity index is 1630. The fraction of sp³-hybridized carbons (Fsp3) is 0.172. The van der Waals surface area contributed by atoms with E-state index >= 15 is 0 Å². The summed E-state index contributed by atoms with van der Waals surface area (Å²) in [6, 6.07) is 13.8. The minimum absolute atomic E-state index is 0.204. The molecule has 0 saturated carbocycles. The first-order valence-corrected chi connectivity index (χ1v) is 12.0. The van der Waals surface area contributed by atoms with Crippen LogP contribution in [0, 0.1) is 18.8 Å². The van der Waals surface area contributed by atoms with Crippen molar-refractivity contribution in [1.29, 1.82) is 0 Å². The van der Waals surface area contributed by atoms with Crippen LogP contribution in [0.25, 0.3) is 16.6 Å².